The number of nitrogens with zero attached hydrogens (tertiary/aromatic N) is 1. The Balaban J connectivity index is 1.92. The summed E-state index contributed by atoms with van der Waals surface area (Å²) in [7, 11) is 0. The minimum atomic E-state index is -0.936. The molecule has 0 aliphatic rings. The highest BCUT2D eigenvalue weighted by molar-refractivity contribution is 5.77. The number of benzene rings is 1. The number of hydrogen-bond donors (Lipinski definition) is 2. The summed E-state index contributed by atoms with van der Waals surface area (Å²) in [6, 6.07) is 9.27. The smallest absolute Gasteiger partial charge is 0.305 e. The van der Waals surface area contributed by atoms with Crippen LogP contribution < -0.4 is 5.32 Å². The van der Waals surface area contributed by atoms with Crippen molar-refractivity contribution in [2.45, 2.75) is 39.2 Å². The van der Waals surface area contributed by atoms with Crippen LogP contribution in [0.25, 0.3) is 11.3 Å². The lowest BCUT2D eigenvalue weighted by atomic mass is 10.1. The van der Waals surface area contributed by atoms with E-state index in [9.17, 15) is 9.59 Å². The zero-order chi connectivity index (χ0) is 16.8. The third-order valence-corrected chi connectivity index (χ3v) is 3.33. The Kier molecular flexibility index (Phi) is 5.51. The summed E-state index contributed by atoms with van der Waals surface area (Å²) in [6.45, 7) is 3.53. The average molecular weight is 316 g/mol. The summed E-state index contributed by atoms with van der Waals surface area (Å²) in [5, 5.41) is 11.3. The largest absolute Gasteiger partial charge is 0.481 e. The molecule has 1 aromatic heterocycles. The van der Waals surface area contributed by atoms with E-state index in [1.54, 1.807) is 6.92 Å². The summed E-state index contributed by atoms with van der Waals surface area (Å²) >= 11 is 0. The lowest BCUT2D eigenvalue weighted by Crippen LogP contribution is -2.34. The molecule has 1 atom stereocenters. The molecule has 1 amide bonds. The van der Waals surface area contributed by atoms with Crippen molar-refractivity contribution in [3.63, 3.8) is 0 Å². The van der Waals surface area contributed by atoms with Gasteiger partial charge in [0.25, 0.3) is 0 Å². The van der Waals surface area contributed by atoms with E-state index in [1.165, 1.54) is 0 Å². The Morgan fingerprint density at radius 1 is 1.30 bits per heavy atom. The molecule has 0 spiro atoms. The van der Waals surface area contributed by atoms with Gasteiger partial charge in [-0.2, -0.15) is 0 Å². The SMILES string of the molecule is Cc1nc(CCC(=O)NC(C)CC(=O)O)oc1-c1ccccc1. The van der Waals surface area contributed by atoms with Crippen molar-refractivity contribution in [2.75, 3.05) is 0 Å². The standard InChI is InChI=1S/C17H20N2O4/c1-11(10-16(21)22)18-14(20)8-9-15-19-12(2)17(23-15)13-6-4-3-5-7-13/h3-7,11H,8-10H2,1-2H3,(H,18,20)(H,21,22). The monoisotopic (exact) mass is 316 g/mol. The molecule has 23 heavy (non-hydrogen) atoms. The van der Waals surface area contributed by atoms with E-state index in [-0.39, 0.29) is 18.7 Å². The van der Waals surface area contributed by atoms with Gasteiger partial charge >= 0.3 is 5.97 Å². The first kappa shape index (κ1) is 16.7. The predicted molar refractivity (Wildman–Crippen MR) is 84.9 cm³/mol. The third kappa shape index (κ3) is 4.95. The van der Waals surface area contributed by atoms with Gasteiger partial charge < -0.3 is 14.8 Å². The molecule has 0 saturated heterocycles. The molecule has 2 rings (SSSR count). The quantitative estimate of drug-likeness (QED) is 0.819. The summed E-state index contributed by atoms with van der Waals surface area (Å²) in [4.78, 5) is 26.7. The third-order valence-electron chi connectivity index (χ3n) is 3.33. The second-order valence-corrected chi connectivity index (χ2v) is 5.45. The van der Waals surface area contributed by atoms with E-state index in [0.717, 1.165) is 11.3 Å². The van der Waals surface area contributed by atoms with Gasteiger partial charge in [0.15, 0.2) is 11.7 Å². The van der Waals surface area contributed by atoms with Crippen LogP contribution in [0.2, 0.25) is 0 Å². The summed E-state index contributed by atoms with van der Waals surface area (Å²) in [5.41, 5.74) is 1.73. The number of nitrogens with one attached hydrogen (secondary N) is 1. The van der Waals surface area contributed by atoms with Gasteiger partial charge in [0, 0.05) is 24.4 Å². The predicted octanol–water partition coefficient (Wildman–Crippen LogP) is 2.56. The fourth-order valence-corrected chi connectivity index (χ4v) is 2.30. The molecular formula is C17H20N2O4. The first-order valence-corrected chi connectivity index (χ1v) is 7.48. The van der Waals surface area contributed by atoms with Crippen molar-refractivity contribution in [3.8, 4) is 11.3 Å². The number of oxazole rings is 1. The highest BCUT2D eigenvalue weighted by Gasteiger charge is 2.14. The van der Waals surface area contributed by atoms with Crippen LogP contribution in [0.1, 0.15) is 31.4 Å². The van der Waals surface area contributed by atoms with Gasteiger partial charge in [-0.3, -0.25) is 9.59 Å². The number of carboxylic acid groups (broad SMARTS) is 1. The maximum Gasteiger partial charge on any atom is 0.305 e. The van der Waals surface area contributed by atoms with Crippen molar-refractivity contribution in [1.29, 1.82) is 0 Å². The van der Waals surface area contributed by atoms with Crippen molar-refractivity contribution in [3.05, 3.63) is 41.9 Å². The number of aromatic nitrogens is 1. The topological polar surface area (TPSA) is 92.4 Å². The molecule has 6 nitrogen and oxygen atoms in total. The van der Waals surface area contributed by atoms with Crippen LogP contribution in [-0.4, -0.2) is 28.0 Å². The van der Waals surface area contributed by atoms with Crippen LogP contribution in [0.4, 0.5) is 0 Å². The molecule has 0 radical (unpaired) electrons. The minimum absolute atomic E-state index is 0.0952. The first-order chi connectivity index (χ1) is 11.0. The zero-order valence-corrected chi connectivity index (χ0v) is 13.2. The van der Waals surface area contributed by atoms with E-state index < -0.39 is 12.0 Å². The molecule has 1 heterocycles. The molecule has 122 valence electrons. The van der Waals surface area contributed by atoms with E-state index in [1.807, 2.05) is 37.3 Å². The molecule has 2 aromatic rings. The van der Waals surface area contributed by atoms with Crippen molar-refractivity contribution in [1.82, 2.24) is 10.3 Å². The molecule has 0 fully saturated rings. The van der Waals surface area contributed by atoms with Crippen LogP contribution in [-0.2, 0) is 16.0 Å². The number of rotatable bonds is 7. The second-order valence-electron chi connectivity index (χ2n) is 5.45. The Hall–Kier alpha value is -2.63. The molecule has 6 heteroatoms. The van der Waals surface area contributed by atoms with Gasteiger partial charge in [0.05, 0.1) is 12.1 Å². The average Bonchev–Trinajstić information content (AvgIpc) is 2.86. The fraction of sp³-hybridized carbons (Fsp3) is 0.353. The zero-order valence-electron chi connectivity index (χ0n) is 13.2. The number of carboxylic acids is 1. The lowest BCUT2D eigenvalue weighted by Gasteiger charge is -2.10. The summed E-state index contributed by atoms with van der Waals surface area (Å²) < 4.78 is 5.74. The highest BCUT2D eigenvalue weighted by Crippen LogP contribution is 2.24. The molecule has 0 aliphatic heterocycles. The first-order valence-electron chi connectivity index (χ1n) is 7.48. The van der Waals surface area contributed by atoms with E-state index in [4.69, 9.17) is 9.52 Å². The van der Waals surface area contributed by atoms with E-state index in [0.29, 0.717) is 18.1 Å². The number of hydrogen-bond acceptors (Lipinski definition) is 4. The van der Waals surface area contributed by atoms with Crippen molar-refractivity contribution in [2.24, 2.45) is 0 Å². The van der Waals surface area contributed by atoms with Crippen LogP contribution in [0.15, 0.2) is 34.7 Å². The Morgan fingerprint density at radius 2 is 2.00 bits per heavy atom. The molecule has 1 unspecified atom stereocenters. The molecular weight excluding hydrogens is 296 g/mol. The van der Waals surface area contributed by atoms with Crippen LogP contribution >= 0.6 is 0 Å². The van der Waals surface area contributed by atoms with Crippen molar-refractivity contribution >= 4 is 11.9 Å². The molecule has 0 bridgehead atoms. The fourth-order valence-electron chi connectivity index (χ4n) is 2.30. The van der Waals surface area contributed by atoms with Crippen LogP contribution in [0, 0.1) is 6.92 Å². The van der Waals surface area contributed by atoms with Crippen LogP contribution in [0.3, 0.4) is 0 Å². The maximum atomic E-state index is 11.8. The number of aliphatic carboxylic acids is 1. The number of carbonyl (C=O) groups is 2. The van der Waals surface area contributed by atoms with Crippen molar-refractivity contribution < 1.29 is 19.1 Å². The molecule has 1 aromatic carbocycles. The summed E-state index contributed by atoms with van der Waals surface area (Å²) in [5.74, 6) is 0.0622. The number of aryl methyl sites for hydroxylation is 2. The molecule has 2 N–H and O–H groups in total. The van der Waals surface area contributed by atoms with Gasteiger partial charge in [0.1, 0.15) is 0 Å². The van der Waals surface area contributed by atoms with Gasteiger partial charge in [-0.15, -0.1) is 0 Å². The minimum Gasteiger partial charge on any atom is -0.481 e. The Labute approximate surface area is 134 Å². The van der Waals surface area contributed by atoms with E-state index >= 15 is 0 Å². The maximum absolute atomic E-state index is 11.8. The van der Waals surface area contributed by atoms with Gasteiger partial charge in [-0.05, 0) is 13.8 Å². The van der Waals surface area contributed by atoms with Gasteiger partial charge in [0.2, 0.25) is 5.91 Å². The second kappa shape index (κ2) is 7.58. The normalized spacial score (nSPS) is 11.9. The molecule has 0 saturated carbocycles. The van der Waals surface area contributed by atoms with E-state index in [2.05, 4.69) is 10.3 Å². The molecule has 0 aliphatic carbocycles. The lowest BCUT2D eigenvalue weighted by molar-refractivity contribution is -0.137. The Morgan fingerprint density at radius 3 is 2.65 bits per heavy atom. The summed E-state index contributed by atoms with van der Waals surface area (Å²) in [6.07, 6.45) is 0.486. The number of carbonyl (C=O) groups excluding carboxylic acids is 1. The Bertz CT molecular complexity index is 679. The number of amides is 1. The van der Waals surface area contributed by atoms with Crippen LogP contribution in [0.5, 0.6) is 0 Å². The van der Waals surface area contributed by atoms with Gasteiger partial charge in [-0.1, -0.05) is 30.3 Å². The highest BCUT2D eigenvalue weighted by atomic mass is 16.4. The van der Waals surface area contributed by atoms with Gasteiger partial charge in [-0.25, -0.2) is 4.98 Å².